The molecule has 0 amide bonds. The van der Waals surface area contributed by atoms with Crippen LogP contribution in [0.3, 0.4) is 0 Å². The van der Waals surface area contributed by atoms with Crippen molar-refractivity contribution in [2.45, 2.75) is 19.1 Å². The highest BCUT2D eigenvalue weighted by atomic mass is 19.1. The molecule has 3 N–H and O–H groups in total. The van der Waals surface area contributed by atoms with Crippen molar-refractivity contribution in [1.29, 1.82) is 0 Å². The maximum absolute atomic E-state index is 13.5. The van der Waals surface area contributed by atoms with Crippen LogP contribution in [0.25, 0.3) is 0 Å². The molecule has 0 aromatic heterocycles. The first kappa shape index (κ1) is 14.0. The fraction of sp³-hybridized carbons (Fsp3) is 0.500. The van der Waals surface area contributed by atoms with Crippen LogP contribution in [-0.4, -0.2) is 26.3 Å². The molecule has 0 aliphatic carbocycles. The van der Waals surface area contributed by atoms with Gasteiger partial charge in [0, 0.05) is 31.8 Å². The molecule has 0 fully saturated rings. The largest absolute Gasteiger partial charge is 0.380 e. The molecule has 0 spiro atoms. The maximum atomic E-state index is 13.5. The van der Waals surface area contributed by atoms with Gasteiger partial charge in [-0.2, -0.15) is 0 Å². The van der Waals surface area contributed by atoms with Crippen molar-refractivity contribution in [3.05, 3.63) is 35.4 Å². The standard InChI is InChI=1S/C12H18F2N2O/c1-8(17-2)7-16-12(6-15)10-5-9(13)3-4-11(10)14/h3-5,8,12,16H,6-7,15H2,1-2H3. The molecule has 0 bridgehead atoms. The maximum Gasteiger partial charge on any atom is 0.128 e. The number of methoxy groups -OCH3 is 1. The molecule has 1 aromatic carbocycles. The first-order chi connectivity index (χ1) is 8.08. The van der Waals surface area contributed by atoms with Gasteiger partial charge in [-0.15, -0.1) is 0 Å². The monoisotopic (exact) mass is 244 g/mol. The van der Waals surface area contributed by atoms with Gasteiger partial charge in [-0.1, -0.05) is 0 Å². The Hall–Kier alpha value is -1.04. The van der Waals surface area contributed by atoms with Crippen LogP contribution in [-0.2, 0) is 4.74 Å². The molecule has 17 heavy (non-hydrogen) atoms. The molecule has 0 radical (unpaired) electrons. The molecule has 0 saturated heterocycles. The van der Waals surface area contributed by atoms with Gasteiger partial charge in [0.05, 0.1) is 6.10 Å². The van der Waals surface area contributed by atoms with Crippen molar-refractivity contribution in [1.82, 2.24) is 5.32 Å². The molecule has 1 rings (SSSR count). The predicted octanol–water partition coefficient (Wildman–Crippen LogP) is 1.59. The van der Waals surface area contributed by atoms with Crippen LogP contribution in [0.1, 0.15) is 18.5 Å². The highest BCUT2D eigenvalue weighted by Gasteiger charge is 2.15. The molecule has 5 heteroatoms. The Morgan fingerprint density at radius 2 is 2.12 bits per heavy atom. The third-order valence-corrected chi connectivity index (χ3v) is 2.62. The Bertz CT molecular complexity index is 360. The summed E-state index contributed by atoms with van der Waals surface area (Å²) in [6.45, 7) is 2.59. The molecule has 2 atom stereocenters. The second-order valence-corrected chi connectivity index (χ2v) is 3.91. The van der Waals surface area contributed by atoms with Gasteiger partial charge in [-0.25, -0.2) is 8.78 Å². The van der Waals surface area contributed by atoms with Gasteiger partial charge in [-0.05, 0) is 25.1 Å². The second-order valence-electron chi connectivity index (χ2n) is 3.91. The smallest absolute Gasteiger partial charge is 0.128 e. The van der Waals surface area contributed by atoms with Crippen LogP contribution in [0.4, 0.5) is 8.78 Å². The van der Waals surface area contributed by atoms with Crippen LogP contribution < -0.4 is 11.1 Å². The zero-order valence-corrected chi connectivity index (χ0v) is 10.0. The van der Waals surface area contributed by atoms with Gasteiger partial charge in [0.15, 0.2) is 0 Å². The van der Waals surface area contributed by atoms with Crippen LogP contribution in [0.2, 0.25) is 0 Å². The average molecular weight is 244 g/mol. The fourth-order valence-electron chi connectivity index (χ4n) is 1.49. The number of halogens is 2. The van der Waals surface area contributed by atoms with Gasteiger partial charge in [0.25, 0.3) is 0 Å². The van der Waals surface area contributed by atoms with Crippen LogP contribution in [0.5, 0.6) is 0 Å². The van der Waals surface area contributed by atoms with Gasteiger partial charge in [0.2, 0.25) is 0 Å². The lowest BCUT2D eigenvalue weighted by Crippen LogP contribution is -2.34. The van der Waals surface area contributed by atoms with E-state index in [-0.39, 0.29) is 18.2 Å². The van der Waals surface area contributed by atoms with E-state index in [4.69, 9.17) is 10.5 Å². The molecule has 1 aromatic rings. The van der Waals surface area contributed by atoms with E-state index in [9.17, 15) is 8.78 Å². The third-order valence-electron chi connectivity index (χ3n) is 2.62. The summed E-state index contributed by atoms with van der Waals surface area (Å²) in [6, 6.07) is 2.94. The zero-order valence-electron chi connectivity index (χ0n) is 10.0. The molecule has 0 heterocycles. The van der Waals surface area contributed by atoms with E-state index in [1.54, 1.807) is 7.11 Å². The lowest BCUT2D eigenvalue weighted by Gasteiger charge is -2.20. The fourth-order valence-corrected chi connectivity index (χ4v) is 1.49. The van der Waals surface area contributed by atoms with E-state index < -0.39 is 17.7 Å². The van der Waals surface area contributed by atoms with Crippen LogP contribution >= 0.6 is 0 Å². The SMILES string of the molecule is COC(C)CNC(CN)c1cc(F)ccc1F. The number of hydrogen-bond acceptors (Lipinski definition) is 3. The second kappa shape index (κ2) is 6.64. The summed E-state index contributed by atoms with van der Waals surface area (Å²) in [4.78, 5) is 0. The molecule has 3 nitrogen and oxygen atoms in total. The molecular weight excluding hydrogens is 226 g/mol. The third kappa shape index (κ3) is 4.03. The topological polar surface area (TPSA) is 47.3 Å². The lowest BCUT2D eigenvalue weighted by molar-refractivity contribution is 0.114. The van der Waals surface area contributed by atoms with Crippen molar-refractivity contribution < 1.29 is 13.5 Å². The molecule has 96 valence electrons. The number of rotatable bonds is 6. The lowest BCUT2D eigenvalue weighted by atomic mass is 10.1. The Kier molecular flexibility index (Phi) is 5.47. The Morgan fingerprint density at radius 1 is 1.41 bits per heavy atom. The first-order valence-corrected chi connectivity index (χ1v) is 5.49. The van der Waals surface area contributed by atoms with E-state index >= 15 is 0 Å². The minimum atomic E-state index is -0.471. The van der Waals surface area contributed by atoms with E-state index in [1.165, 1.54) is 0 Å². The van der Waals surface area contributed by atoms with E-state index in [0.717, 1.165) is 18.2 Å². The minimum absolute atomic E-state index is 0.0133. The predicted molar refractivity (Wildman–Crippen MR) is 62.6 cm³/mol. The molecule has 0 aliphatic heterocycles. The normalized spacial score (nSPS) is 14.6. The van der Waals surface area contributed by atoms with Crippen molar-refractivity contribution in [3.63, 3.8) is 0 Å². The van der Waals surface area contributed by atoms with E-state index in [0.29, 0.717) is 6.54 Å². The quantitative estimate of drug-likeness (QED) is 0.799. The number of hydrogen-bond donors (Lipinski definition) is 2. The summed E-state index contributed by atoms with van der Waals surface area (Å²) < 4.78 is 31.6. The number of benzene rings is 1. The van der Waals surface area contributed by atoms with Crippen LogP contribution in [0.15, 0.2) is 18.2 Å². The Labute approximate surface area is 100.0 Å². The summed E-state index contributed by atoms with van der Waals surface area (Å²) in [5.74, 6) is -0.930. The van der Waals surface area contributed by atoms with Gasteiger partial charge in [-0.3, -0.25) is 0 Å². The number of nitrogens with one attached hydrogen (secondary N) is 1. The average Bonchev–Trinajstić information content (AvgIpc) is 2.33. The summed E-state index contributed by atoms with van der Waals surface area (Å²) in [7, 11) is 1.59. The molecular formula is C12H18F2N2O. The van der Waals surface area contributed by atoms with Crippen molar-refractivity contribution in [3.8, 4) is 0 Å². The number of nitrogens with two attached hydrogens (primary N) is 1. The Morgan fingerprint density at radius 3 is 2.71 bits per heavy atom. The summed E-state index contributed by atoms with van der Waals surface area (Å²) in [6.07, 6.45) is -0.0133. The minimum Gasteiger partial charge on any atom is -0.380 e. The zero-order chi connectivity index (χ0) is 12.8. The summed E-state index contributed by atoms with van der Waals surface area (Å²) in [5, 5.41) is 3.05. The van der Waals surface area contributed by atoms with Crippen molar-refractivity contribution >= 4 is 0 Å². The summed E-state index contributed by atoms with van der Waals surface area (Å²) >= 11 is 0. The van der Waals surface area contributed by atoms with E-state index in [2.05, 4.69) is 5.32 Å². The first-order valence-electron chi connectivity index (χ1n) is 5.49. The van der Waals surface area contributed by atoms with Crippen molar-refractivity contribution in [2.75, 3.05) is 20.2 Å². The van der Waals surface area contributed by atoms with Gasteiger partial charge >= 0.3 is 0 Å². The van der Waals surface area contributed by atoms with Gasteiger partial charge in [0.1, 0.15) is 11.6 Å². The van der Waals surface area contributed by atoms with Crippen molar-refractivity contribution in [2.24, 2.45) is 5.73 Å². The van der Waals surface area contributed by atoms with Gasteiger partial charge < -0.3 is 15.8 Å². The van der Waals surface area contributed by atoms with E-state index in [1.807, 2.05) is 6.92 Å². The Balaban J connectivity index is 2.75. The molecule has 0 aliphatic rings. The summed E-state index contributed by atoms with van der Waals surface area (Å²) in [5.41, 5.74) is 5.81. The highest BCUT2D eigenvalue weighted by Crippen LogP contribution is 2.17. The number of ether oxygens (including phenoxy) is 1. The molecule has 2 unspecified atom stereocenters. The van der Waals surface area contributed by atoms with Crippen LogP contribution in [0, 0.1) is 11.6 Å². The highest BCUT2D eigenvalue weighted by molar-refractivity contribution is 5.22. The molecule has 0 saturated carbocycles.